The first kappa shape index (κ1) is 19.5. The van der Waals surface area contributed by atoms with Crippen LogP contribution in [0.2, 0.25) is 0 Å². The molecule has 1 aliphatic rings. The number of nitrogens with zero attached hydrogens (tertiary/aromatic N) is 4. The molecular formula is C21H24N4O3. The van der Waals surface area contributed by atoms with Crippen LogP contribution >= 0.6 is 0 Å². The van der Waals surface area contributed by atoms with Gasteiger partial charge in [-0.2, -0.15) is 10.4 Å². The molecule has 1 aliphatic heterocycles. The highest BCUT2D eigenvalue weighted by Gasteiger charge is 2.23. The summed E-state index contributed by atoms with van der Waals surface area (Å²) < 4.78 is 16.5. The van der Waals surface area contributed by atoms with Crippen LogP contribution in [0.25, 0.3) is 5.57 Å². The van der Waals surface area contributed by atoms with E-state index in [4.69, 9.17) is 14.2 Å². The number of nitriles is 1. The van der Waals surface area contributed by atoms with Gasteiger partial charge in [0.25, 0.3) is 0 Å². The van der Waals surface area contributed by atoms with Crippen LogP contribution in [-0.4, -0.2) is 44.6 Å². The van der Waals surface area contributed by atoms with Gasteiger partial charge in [-0.15, -0.1) is 5.10 Å². The smallest absolute Gasteiger partial charge is 0.169 e. The SMILES string of the molecule is COc1cc(OC)c(C2=CCN(c3nnc(C)c(C)c3C#N)CC2)c(OC)c1. The van der Waals surface area contributed by atoms with E-state index < -0.39 is 0 Å². The molecule has 0 saturated heterocycles. The second-order valence-corrected chi connectivity index (χ2v) is 6.55. The minimum atomic E-state index is 0.587. The van der Waals surface area contributed by atoms with Gasteiger partial charge in [0.05, 0.1) is 32.6 Å². The average molecular weight is 380 g/mol. The Hall–Kier alpha value is -3.27. The maximum absolute atomic E-state index is 9.57. The maximum Gasteiger partial charge on any atom is 0.169 e. The van der Waals surface area contributed by atoms with Crippen molar-refractivity contribution in [3.05, 3.63) is 40.6 Å². The zero-order chi connectivity index (χ0) is 20.3. The molecule has 0 amide bonds. The van der Waals surface area contributed by atoms with Crippen LogP contribution in [0, 0.1) is 25.2 Å². The Kier molecular flexibility index (Phi) is 5.69. The van der Waals surface area contributed by atoms with E-state index in [1.807, 2.05) is 26.0 Å². The summed E-state index contributed by atoms with van der Waals surface area (Å²) in [6.07, 6.45) is 2.88. The first-order chi connectivity index (χ1) is 13.5. The van der Waals surface area contributed by atoms with E-state index in [2.05, 4.69) is 27.2 Å². The Morgan fingerprint density at radius 3 is 2.21 bits per heavy atom. The Bertz CT molecular complexity index is 938. The van der Waals surface area contributed by atoms with Crippen LogP contribution in [0.15, 0.2) is 18.2 Å². The van der Waals surface area contributed by atoms with Gasteiger partial charge in [0.1, 0.15) is 28.9 Å². The molecule has 0 unspecified atom stereocenters. The molecule has 0 spiro atoms. The Morgan fingerprint density at radius 2 is 1.71 bits per heavy atom. The van der Waals surface area contributed by atoms with Crippen LogP contribution in [0.4, 0.5) is 5.82 Å². The molecule has 7 nitrogen and oxygen atoms in total. The zero-order valence-corrected chi connectivity index (χ0v) is 16.9. The Balaban J connectivity index is 1.96. The first-order valence-electron chi connectivity index (χ1n) is 9.02. The molecule has 3 rings (SSSR count). The third-order valence-electron chi connectivity index (χ3n) is 5.09. The molecule has 146 valence electrons. The summed E-state index contributed by atoms with van der Waals surface area (Å²) in [5.74, 6) is 2.73. The molecule has 2 heterocycles. The molecule has 0 fully saturated rings. The van der Waals surface area contributed by atoms with Crippen molar-refractivity contribution in [2.45, 2.75) is 20.3 Å². The van der Waals surface area contributed by atoms with Crippen LogP contribution in [0.3, 0.4) is 0 Å². The lowest BCUT2D eigenvalue weighted by molar-refractivity contribution is 0.373. The lowest BCUT2D eigenvalue weighted by Gasteiger charge is -2.29. The summed E-state index contributed by atoms with van der Waals surface area (Å²) in [5.41, 5.74) is 4.30. The highest BCUT2D eigenvalue weighted by atomic mass is 16.5. The molecular weight excluding hydrogens is 356 g/mol. The molecule has 1 aromatic carbocycles. The lowest BCUT2D eigenvalue weighted by atomic mass is 9.96. The highest BCUT2D eigenvalue weighted by molar-refractivity contribution is 5.78. The van der Waals surface area contributed by atoms with Gasteiger partial charge in [0.2, 0.25) is 0 Å². The van der Waals surface area contributed by atoms with Crippen LogP contribution in [-0.2, 0) is 0 Å². The van der Waals surface area contributed by atoms with E-state index >= 15 is 0 Å². The lowest BCUT2D eigenvalue weighted by Crippen LogP contribution is -2.30. The van der Waals surface area contributed by atoms with Crippen molar-refractivity contribution >= 4 is 11.4 Å². The number of anilines is 1. The van der Waals surface area contributed by atoms with E-state index in [9.17, 15) is 5.26 Å². The number of hydrogen-bond donors (Lipinski definition) is 0. The third kappa shape index (κ3) is 3.46. The number of benzene rings is 1. The number of aromatic nitrogens is 2. The normalized spacial score (nSPS) is 13.6. The van der Waals surface area contributed by atoms with Gasteiger partial charge in [-0.25, -0.2) is 0 Å². The average Bonchev–Trinajstić information content (AvgIpc) is 2.74. The quantitative estimate of drug-likeness (QED) is 0.787. The molecule has 0 atom stereocenters. The molecule has 7 heteroatoms. The second kappa shape index (κ2) is 8.17. The van der Waals surface area contributed by atoms with Gasteiger partial charge in [0.15, 0.2) is 5.82 Å². The van der Waals surface area contributed by atoms with Gasteiger partial charge in [-0.3, -0.25) is 0 Å². The van der Waals surface area contributed by atoms with E-state index in [1.54, 1.807) is 21.3 Å². The molecule has 0 aliphatic carbocycles. The molecule has 0 saturated carbocycles. The van der Waals surface area contributed by atoms with Gasteiger partial charge in [-0.1, -0.05) is 6.08 Å². The molecule has 2 aromatic rings. The van der Waals surface area contributed by atoms with E-state index in [-0.39, 0.29) is 0 Å². The van der Waals surface area contributed by atoms with Crippen LogP contribution in [0.1, 0.15) is 28.8 Å². The second-order valence-electron chi connectivity index (χ2n) is 6.55. The van der Waals surface area contributed by atoms with E-state index in [1.165, 1.54) is 0 Å². The van der Waals surface area contributed by atoms with Gasteiger partial charge < -0.3 is 19.1 Å². The molecule has 0 radical (unpaired) electrons. The fourth-order valence-electron chi connectivity index (χ4n) is 3.36. The number of methoxy groups -OCH3 is 3. The largest absolute Gasteiger partial charge is 0.496 e. The van der Waals surface area contributed by atoms with Crippen molar-refractivity contribution < 1.29 is 14.2 Å². The van der Waals surface area contributed by atoms with Crippen LogP contribution < -0.4 is 19.1 Å². The van der Waals surface area contributed by atoms with Crippen molar-refractivity contribution in [2.24, 2.45) is 0 Å². The Labute approximate surface area is 165 Å². The van der Waals surface area contributed by atoms with E-state index in [0.717, 1.165) is 35.4 Å². The summed E-state index contributed by atoms with van der Waals surface area (Å²) in [5, 5.41) is 18.0. The van der Waals surface area contributed by atoms with E-state index in [0.29, 0.717) is 35.2 Å². The molecule has 1 aromatic heterocycles. The van der Waals surface area contributed by atoms with Crippen molar-refractivity contribution in [1.82, 2.24) is 10.2 Å². The third-order valence-corrected chi connectivity index (χ3v) is 5.09. The number of aryl methyl sites for hydroxylation is 1. The number of ether oxygens (including phenoxy) is 3. The summed E-state index contributed by atoms with van der Waals surface area (Å²) >= 11 is 0. The minimum absolute atomic E-state index is 0.587. The Morgan fingerprint density at radius 1 is 1.04 bits per heavy atom. The molecule has 28 heavy (non-hydrogen) atoms. The van der Waals surface area contributed by atoms with Gasteiger partial charge in [0, 0.05) is 25.2 Å². The monoisotopic (exact) mass is 380 g/mol. The summed E-state index contributed by atoms with van der Waals surface area (Å²) in [4.78, 5) is 2.07. The minimum Gasteiger partial charge on any atom is -0.496 e. The molecule has 0 bridgehead atoms. The number of hydrogen-bond acceptors (Lipinski definition) is 7. The van der Waals surface area contributed by atoms with Crippen molar-refractivity contribution in [3.63, 3.8) is 0 Å². The standard InChI is InChI=1S/C21H24N4O3/c1-13-14(2)23-24-21(17(13)12-22)25-8-6-15(7-9-25)20-18(27-4)10-16(26-3)11-19(20)28-5/h6,10-11H,7-9H2,1-5H3. The fraction of sp³-hybridized carbons (Fsp3) is 0.381. The van der Waals surface area contributed by atoms with Crippen molar-refractivity contribution in [3.8, 4) is 23.3 Å². The fourth-order valence-corrected chi connectivity index (χ4v) is 3.36. The number of rotatable bonds is 5. The predicted molar refractivity (Wildman–Crippen MR) is 107 cm³/mol. The predicted octanol–water partition coefficient (Wildman–Crippen LogP) is 3.28. The summed E-state index contributed by atoms with van der Waals surface area (Å²) in [6, 6.07) is 5.98. The zero-order valence-electron chi connectivity index (χ0n) is 16.9. The van der Waals surface area contributed by atoms with Gasteiger partial charge in [-0.05, 0) is 31.4 Å². The maximum atomic E-state index is 9.57. The van der Waals surface area contributed by atoms with Crippen LogP contribution in [0.5, 0.6) is 17.2 Å². The topological polar surface area (TPSA) is 80.5 Å². The molecule has 0 N–H and O–H groups in total. The first-order valence-corrected chi connectivity index (χ1v) is 9.02. The summed E-state index contributed by atoms with van der Waals surface area (Å²) in [7, 11) is 4.89. The van der Waals surface area contributed by atoms with Crippen molar-refractivity contribution in [1.29, 1.82) is 5.26 Å². The summed E-state index contributed by atoms with van der Waals surface area (Å²) in [6.45, 7) is 5.11. The van der Waals surface area contributed by atoms with Crippen molar-refractivity contribution in [2.75, 3.05) is 39.3 Å². The van der Waals surface area contributed by atoms with Gasteiger partial charge >= 0.3 is 0 Å². The highest BCUT2D eigenvalue weighted by Crippen LogP contribution is 2.41.